The topological polar surface area (TPSA) is 64.9 Å². The summed E-state index contributed by atoms with van der Waals surface area (Å²) >= 11 is 1.83. The van der Waals surface area contributed by atoms with Gasteiger partial charge in [-0.2, -0.15) is 16.7 Å². The first-order valence-corrected chi connectivity index (χ1v) is 6.93. The van der Waals surface area contributed by atoms with E-state index in [1.165, 1.54) is 6.42 Å². The lowest BCUT2D eigenvalue weighted by Gasteiger charge is -2.11. The van der Waals surface area contributed by atoms with Crippen LogP contribution in [0.4, 0.5) is 0 Å². The van der Waals surface area contributed by atoms with Gasteiger partial charge in [-0.3, -0.25) is 0 Å². The van der Waals surface area contributed by atoms with Gasteiger partial charge in [-0.15, -0.1) is 0 Å². The van der Waals surface area contributed by atoms with E-state index in [-0.39, 0.29) is 6.04 Å². The van der Waals surface area contributed by atoms with E-state index >= 15 is 0 Å². The smallest absolute Gasteiger partial charge is 0.228 e. The fourth-order valence-electron chi connectivity index (χ4n) is 1.18. The van der Waals surface area contributed by atoms with Crippen molar-refractivity contribution in [1.29, 1.82) is 0 Å². The SMILES string of the molecule is CCCSCc1noc(CC(N)C(C)C)n1. The predicted octanol–water partition coefficient (Wildman–Crippen LogP) is 2.24. The third-order valence-corrected chi connectivity index (χ3v) is 3.52. The monoisotopic (exact) mass is 243 g/mol. The third kappa shape index (κ3) is 4.53. The highest BCUT2D eigenvalue weighted by Gasteiger charge is 2.13. The lowest BCUT2D eigenvalue weighted by atomic mass is 10.0. The van der Waals surface area contributed by atoms with Crippen LogP contribution in [0.25, 0.3) is 0 Å². The first-order valence-electron chi connectivity index (χ1n) is 5.78. The van der Waals surface area contributed by atoms with Crippen LogP contribution in [0, 0.1) is 5.92 Å². The van der Waals surface area contributed by atoms with E-state index in [0.717, 1.165) is 17.3 Å². The summed E-state index contributed by atoms with van der Waals surface area (Å²) in [6, 6.07) is 0.0941. The van der Waals surface area contributed by atoms with Gasteiger partial charge in [0.2, 0.25) is 5.89 Å². The minimum Gasteiger partial charge on any atom is -0.339 e. The zero-order valence-electron chi connectivity index (χ0n) is 10.3. The molecular weight excluding hydrogens is 222 g/mol. The molecule has 0 radical (unpaired) electrons. The maximum Gasteiger partial charge on any atom is 0.228 e. The first kappa shape index (κ1) is 13.5. The van der Waals surface area contributed by atoms with Crippen molar-refractivity contribution in [3.05, 3.63) is 11.7 Å². The van der Waals surface area contributed by atoms with Crippen molar-refractivity contribution in [2.75, 3.05) is 5.75 Å². The zero-order valence-corrected chi connectivity index (χ0v) is 11.1. The van der Waals surface area contributed by atoms with E-state index in [0.29, 0.717) is 18.2 Å². The van der Waals surface area contributed by atoms with E-state index < -0.39 is 0 Å². The lowest BCUT2D eigenvalue weighted by molar-refractivity contribution is 0.350. The van der Waals surface area contributed by atoms with Gasteiger partial charge in [-0.25, -0.2) is 0 Å². The second-order valence-electron chi connectivity index (χ2n) is 4.27. The number of nitrogens with two attached hydrogens (primary N) is 1. The molecule has 0 amide bonds. The van der Waals surface area contributed by atoms with Crippen LogP contribution in [0.1, 0.15) is 38.9 Å². The van der Waals surface area contributed by atoms with Crippen LogP contribution in [0.15, 0.2) is 4.52 Å². The second-order valence-corrected chi connectivity index (χ2v) is 5.37. The first-order chi connectivity index (χ1) is 7.63. The van der Waals surface area contributed by atoms with Gasteiger partial charge in [-0.05, 0) is 18.1 Å². The largest absolute Gasteiger partial charge is 0.339 e. The van der Waals surface area contributed by atoms with Crippen LogP contribution in [-0.4, -0.2) is 21.9 Å². The molecule has 0 saturated heterocycles. The number of nitrogens with zero attached hydrogens (tertiary/aromatic N) is 2. The summed E-state index contributed by atoms with van der Waals surface area (Å²) in [5, 5.41) is 3.94. The summed E-state index contributed by atoms with van der Waals surface area (Å²) in [6.07, 6.45) is 1.84. The molecule has 1 unspecified atom stereocenters. The van der Waals surface area contributed by atoms with E-state index in [1.54, 1.807) is 0 Å². The molecule has 16 heavy (non-hydrogen) atoms. The fraction of sp³-hybridized carbons (Fsp3) is 0.818. The Morgan fingerprint density at radius 3 is 2.81 bits per heavy atom. The average Bonchev–Trinajstić information content (AvgIpc) is 2.66. The van der Waals surface area contributed by atoms with Crippen molar-refractivity contribution in [2.45, 2.75) is 45.4 Å². The van der Waals surface area contributed by atoms with Gasteiger partial charge in [0.15, 0.2) is 5.82 Å². The highest BCUT2D eigenvalue weighted by Crippen LogP contribution is 2.12. The highest BCUT2D eigenvalue weighted by atomic mass is 32.2. The average molecular weight is 243 g/mol. The van der Waals surface area contributed by atoms with Gasteiger partial charge >= 0.3 is 0 Å². The van der Waals surface area contributed by atoms with Gasteiger partial charge in [0.1, 0.15) is 0 Å². The maximum absolute atomic E-state index is 5.95. The summed E-state index contributed by atoms with van der Waals surface area (Å²) in [4.78, 5) is 4.33. The lowest BCUT2D eigenvalue weighted by Crippen LogP contribution is -2.28. The molecule has 5 heteroatoms. The van der Waals surface area contributed by atoms with E-state index in [4.69, 9.17) is 10.3 Å². The van der Waals surface area contributed by atoms with Gasteiger partial charge < -0.3 is 10.3 Å². The van der Waals surface area contributed by atoms with Crippen LogP contribution < -0.4 is 5.73 Å². The Kier molecular flexibility index (Phi) is 5.84. The van der Waals surface area contributed by atoms with Gasteiger partial charge in [-0.1, -0.05) is 25.9 Å². The number of aromatic nitrogens is 2. The minimum atomic E-state index is 0.0941. The standard InChI is InChI=1S/C11H21N3OS/c1-4-5-16-7-10-13-11(15-14-10)6-9(12)8(2)3/h8-9H,4-7,12H2,1-3H3. The Balaban J connectivity index is 2.39. The predicted molar refractivity (Wildman–Crippen MR) is 67.3 cm³/mol. The molecule has 4 nitrogen and oxygen atoms in total. The summed E-state index contributed by atoms with van der Waals surface area (Å²) < 4.78 is 5.16. The van der Waals surface area contributed by atoms with Gasteiger partial charge in [0.05, 0.1) is 5.75 Å². The molecule has 0 spiro atoms. The molecule has 1 rings (SSSR count). The summed E-state index contributed by atoms with van der Waals surface area (Å²) in [6.45, 7) is 6.36. The maximum atomic E-state index is 5.95. The quantitative estimate of drug-likeness (QED) is 0.744. The Hall–Kier alpha value is -0.550. The van der Waals surface area contributed by atoms with Crippen LogP contribution in [0.5, 0.6) is 0 Å². The van der Waals surface area contributed by atoms with Crippen molar-refractivity contribution in [3.8, 4) is 0 Å². The van der Waals surface area contributed by atoms with Crippen molar-refractivity contribution < 1.29 is 4.52 Å². The van der Waals surface area contributed by atoms with Crippen molar-refractivity contribution >= 4 is 11.8 Å². The van der Waals surface area contributed by atoms with Crippen LogP contribution in [-0.2, 0) is 12.2 Å². The Morgan fingerprint density at radius 2 is 2.19 bits per heavy atom. The minimum absolute atomic E-state index is 0.0941. The molecule has 0 saturated carbocycles. The number of thioether (sulfide) groups is 1. The van der Waals surface area contributed by atoms with Crippen molar-refractivity contribution in [1.82, 2.24) is 10.1 Å². The molecule has 92 valence electrons. The number of hydrogen-bond donors (Lipinski definition) is 1. The van der Waals surface area contributed by atoms with Crippen molar-refractivity contribution in [3.63, 3.8) is 0 Å². The van der Waals surface area contributed by atoms with E-state index in [1.807, 2.05) is 11.8 Å². The Labute approximate surface area is 101 Å². The fourth-order valence-corrected chi connectivity index (χ4v) is 1.91. The molecule has 1 atom stereocenters. The number of hydrogen-bond acceptors (Lipinski definition) is 5. The molecule has 1 aromatic heterocycles. The zero-order chi connectivity index (χ0) is 12.0. The molecule has 2 N–H and O–H groups in total. The van der Waals surface area contributed by atoms with Crippen LogP contribution >= 0.6 is 11.8 Å². The highest BCUT2D eigenvalue weighted by molar-refractivity contribution is 7.98. The molecule has 0 aromatic carbocycles. The third-order valence-electron chi connectivity index (χ3n) is 2.36. The molecule has 0 aliphatic heterocycles. The molecule has 0 bridgehead atoms. The normalized spacial score (nSPS) is 13.3. The van der Waals surface area contributed by atoms with Crippen molar-refractivity contribution in [2.24, 2.45) is 11.7 Å². The summed E-state index contributed by atoms with van der Waals surface area (Å²) in [7, 11) is 0. The molecular formula is C11H21N3OS. The summed E-state index contributed by atoms with van der Waals surface area (Å²) in [5.74, 6) is 3.84. The molecule has 1 heterocycles. The van der Waals surface area contributed by atoms with Crippen LogP contribution in [0.3, 0.4) is 0 Å². The van der Waals surface area contributed by atoms with Crippen LogP contribution in [0.2, 0.25) is 0 Å². The van der Waals surface area contributed by atoms with E-state index in [2.05, 4.69) is 30.9 Å². The molecule has 0 fully saturated rings. The Bertz CT molecular complexity index is 301. The molecule has 0 aliphatic rings. The van der Waals surface area contributed by atoms with Gasteiger partial charge in [0.25, 0.3) is 0 Å². The summed E-state index contributed by atoms with van der Waals surface area (Å²) in [5.41, 5.74) is 5.95. The molecule has 1 aromatic rings. The number of rotatable bonds is 7. The Morgan fingerprint density at radius 1 is 1.44 bits per heavy atom. The van der Waals surface area contributed by atoms with Gasteiger partial charge in [0, 0.05) is 12.5 Å². The second kappa shape index (κ2) is 6.91. The van der Waals surface area contributed by atoms with E-state index in [9.17, 15) is 0 Å². The molecule has 0 aliphatic carbocycles.